The Morgan fingerprint density at radius 1 is 1.30 bits per heavy atom. The highest BCUT2D eigenvalue weighted by Gasteiger charge is 2.20. The monoisotopic (exact) mass is 359 g/mol. The van der Waals surface area contributed by atoms with Crippen molar-refractivity contribution in [3.63, 3.8) is 0 Å². The van der Waals surface area contributed by atoms with Crippen molar-refractivity contribution >= 4 is 33.1 Å². The van der Waals surface area contributed by atoms with Crippen molar-refractivity contribution in [2.45, 2.75) is 19.9 Å². The molecule has 1 fully saturated rings. The van der Waals surface area contributed by atoms with Crippen LogP contribution in [-0.4, -0.2) is 57.3 Å². The van der Waals surface area contributed by atoms with E-state index in [4.69, 9.17) is 18.0 Å². The normalized spacial score (nSPS) is 17.6. The topological polar surface area (TPSA) is 50.3 Å². The van der Waals surface area contributed by atoms with Gasteiger partial charge in [0.15, 0.2) is 0 Å². The summed E-state index contributed by atoms with van der Waals surface area (Å²) in [5, 5.41) is 4.55. The minimum absolute atomic E-state index is 0.584. The van der Waals surface area contributed by atoms with E-state index >= 15 is 0 Å². The van der Waals surface area contributed by atoms with E-state index in [-0.39, 0.29) is 0 Å². The summed E-state index contributed by atoms with van der Waals surface area (Å²) in [4.78, 5) is 5.35. The number of aryl methyl sites for hydroxylation is 2. The van der Waals surface area contributed by atoms with Gasteiger partial charge in [0.25, 0.3) is 0 Å². The lowest BCUT2D eigenvalue weighted by atomic mass is 10.2. The van der Waals surface area contributed by atoms with Gasteiger partial charge in [-0.25, -0.2) is 0 Å². The molecule has 0 aliphatic carbocycles. The molecule has 20 heavy (non-hydrogen) atoms. The molecule has 1 saturated heterocycles. The number of halogens is 1. The Balaban J connectivity index is 1.93. The number of rotatable bonds is 5. The van der Waals surface area contributed by atoms with Crippen LogP contribution in [0.4, 0.5) is 0 Å². The maximum atomic E-state index is 5.60. The van der Waals surface area contributed by atoms with E-state index in [0.29, 0.717) is 4.99 Å². The largest absolute Gasteiger partial charge is 0.392 e. The van der Waals surface area contributed by atoms with Gasteiger partial charge in [0.2, 0.25) is 0 Å². The summed E-state index contributed by atoms with van der Waals surface area (Å²) in [5.74, 6) is 0. The summed E-state index contributed by atoms with van der Waals surface area (Å²) >= 11 is 8.65. The first kappa shape index (κ1) is 15.9. The molecule has 1 aromatic heterocycles. The van der Waals surface area contributed by atoms with Gasteiger partial charge in [0.1, 0.15) is 0 Å². The lowest BCUT2D eigenvalue weighted by molar-refractivity contribution is 0.137. The summed E-state index contributed by atoms with van der Waals surface area (Å²) in [6, 6.07) is 0. The van der Waals surface area contributed by atoms with Crippen LogP contribution in [0.1, 0.15) is 18.3 Å². The van der Waals surface area contributed by atoms with Gasteiger partial charge in [-0.3, -0.25) is 14.5 Å². The van der Waals surface area contributed by atoms with Crippen molar-refractivity contribution in [1.82, 2.24) is 19.6 Å². The first-order chi connectivity index (χ1) is 9.51. The molecule has 0 bridgehead atoms. The van der Waals surface area contributed by atoms with Crippen molar-refractivity contribution in [1.29, 1.82) is 0 Å². The number of aromatic nitrogens is 2. The van der Waals surface area contributed by atoms with Crippen LogP contribution in [0.3, 0.4) is 0 Å². The lowest BCUT2D eigenvalue weighted by Crippen LogP contribution is -2.48. The third kappa shape index (κ3) is 3.78. The highest BCUT2D eigenvalue weighted by Crippen LogP contribution is 2.23. The van der Waals surface area contributed by atoms with Crippen molar-refractivity contribution in [3.05, 3.63) is 15.9 Å². The molecule has 0 radical (unpaired) electrons. The van der Waals surface area contributed by atoms with Gasteiger partial charge in [-0.2, -0.15) is 5.10 Å². The average molecular weight is 360 g/mol. The van der Waals surface area contributed by atoms with Crippen LogP contribution in [0.25, 0.3) is 0 Å². The third-order valence-corrected chi connectivity index (χ3v) is 4.77. The number of piperazine rings is 1. The van der Waals surface area contributed by atoms with E-state index in [2.05, 4.69) is 37.8 Å². The fraction of sp³-hybridized carbons (Fsp3) is 0.692. The zero-order valence-electron chi connectivity index (χ0n) is 12.1. The molecule has 0 saturated carbocycles. The summed E-state index contributed by atoms with van der Waals surface area (Å²) in [6.07, 6.45) is 0.955. The molecule has 0 aromatic carbocycles. The molecule has 2 N–H and O–H groups in total. The quantitative estimate of drug-likeness (QED) is 0.799. The van der Waals surface area contributed by atoms with E-state index in [9.17, 15) is 0 Å². The van der Waals surface area contributed by atoms with Crippen LogP contribution in [0.5, 0.6) is 0 Å². The summed E-state index contributed by atoms with van der Waals surface area (Å²) in [7, 11) is 2.02. The Bertz CT molecular complexity index is 479. The highest BCUT2D eigenvalue weighted by molar-refractivity contribution is 9.10. The Morgan fingerprint density at radius 3 is 2.40 bits per heavy atom. The summed E-state index contributed by atoms with van der Waals surface area (Å²) < 4.78 is 3.15. The number of nitrogens with zero attached hydrogens (tertiary/aromatic N) is 4. The molecule has 2 rings (SSSR count). The fourth-order valence-electron chi connectivity index (χ4n) is 2.53. The number of nitrogens with two attached hydrogens (primary N) is 1. The van der Waals surface area contributed by atoms with Crippen LogP contribution in [-0.2, 0) is 20.0 Å². The molecule has 7 heteroatoms. The third-order valence-electron chi connectivity index (χ3n) is 3.72. The molecule has 1 aromatic rings. The Morgan fingerprint density at radius 2 is 1.90 bits per heavy atom. The van der Waals surface area contributed by atoms with Crippen molar-refractivity contribution in [2.24, 2.45) is 12.8 Å². The van der Waals surface area contributed by atoms with E-state index in [1.165, 1.54) is 5.69 Å². The second-order valence-electron chi connectivity index (χ2n) is 5.20. The average Bonchev–Trinajstić information content (AvgIpc) is 2.67. The van der Waals surface area contributed by atoms with E-state index < -0.39 is 0 Å². The second kappa shape index (κ2) is 6.98. The van der Waals surface area contributed by atoms with E-state index in [1.807, 2.05) is 11.7 Å². The van der Waals surface area contributed by atoms with Gasteiger partial charge in [-0.05, 0) is 22.4 Å². The number of hydrogen-bond acceptors (Lipinski definition) is 4. The van der Waals surface area contributed by atoms with Crippen LogP contribution in [0.15, 0.2) is 4.47 Å². The lowest BCUT2D eigenvalue weighted by Gasteiger charge is -2.34. The second-order valence-corrected chi connectivity index (χ2v) is 6.52. The first-order valence-electron chi connectivity index (χ1n) is 6.94. The first-order valence-corrected chi connectivity index (χ1v) is 8.14. The van der Waals surface area contributed by atoms with Crippen molar-refractivity contribution < 1.29 is 0 Å². The zero-order valence-corrected chi connectivity index (χ0v) is 14.5. The molecule has 0 spiro atoms. The summed E-state index contributed by atoms with van der Waals surface area (Å²) in [5.41, 5.74) is 7.99. The van der Waals surface area contributed by atoms with E-state index in [0.717, 1.165) is 55.9 Å². The molecule has 0 atom stereocenters. The molecule has 2 heterocycles. The minimum Gasteiger partial charge on any atom is -0.392 e. The molecule has 0 unspecified atom stereocenters. The maximum Gasteiger partial charge on any atom is 0.0870 e. The highest BCUT2D eigenvalue weighted by atomic mass is 79.9. The maximum absolute atomic E-state index is 5.60. The van der Waals surface area contributed by atoms with Crippen LogP contribution >= 0.6 is 28.1 Å². The Labute approximate surface area is 134 Å². The van der Waals surface area contributed by atoms with Crippen LogP contribution in [0.2, 0.25) is 0 Å². The molecule has 1 aliphatic heterocycles. The predicted molar refractivity (Wildman–Crippen MR) is 88.8 cm³/mol. The van der Waals surface area contributed by atoms with Crippen molar-refractivity contribution in [3.8, 4) is 0 Å². The van der Waals surface area contributed by atoms with Gasteiger partial charge >= 0.3 is 0 Å². The zero-order chi connectivity index (χ0) is 14.7. The predicted octanol–water partition coefficient (Wildman–Crippen LogP) is 1.15. The van der Waals surface area contributed by atoms with Crippen LogP contribution in [0, 0.1) is 0 Å². The fourth-order valence-corrected chi connectivity index (χ4v) is 3.45. The van der Waals surface area contributed by atoms with E-state index in [1.54, 1.807) is 0 Å². The van der Waals surface area contributed by atoms with Gasteiger partial charge in [0, 0.05) is 46.3 Å². The number of thiocarbonyl (C=S) groups is 1. The minimum atomic E-state index is 0.584. The Hall–Kier alpha value is -0.500. The van der Waals surface area contributed by atoms with Crippen LogP contribution < -0.4 is 5.73 Å². The molecule has 0 amide bonds. The molecular weight excluding hydrogens is 338 g/mol. The molecule has 1 aliphatic rings. The van der Waals surface area contributed by atoms with Crippen molar-refractivity contribution in [2.75, 3.05) is 32.7 Å². The standard InChI is InChI=1S/C13H22BrN5S/c1-3-10-13(14)11(17(2)16-10)8-18-4-6-19(7-5-18)9-12(15)20/h3-9H2,1-2H3,(H2,15,20). The molecule has 5 nitrogen and oxygen atoms in total. The van der Waals surface area contributed by atoms with Gasteiger partial charge in [0.05, 0.1) is 20.8 Å². The van der Waals surface area contributed by atoms with Gasteiger partial charge in [-0.15, -0.1) is 0 Å². The molecule has 112 valence electrons. The Kier molecular flexibility index (Phi) is 5.54. The summed E-state index contributed by atoms with van der Waals surface area (Å²) in [6.45, 7) is 7.93. The van der Waals surface area contributed by atoms with Gasteiger partial charge in [-0.1, -0.05) is 19.1 Å². The number of hydrogen-bond donors (Lipinski definition) is 1. The molecular formula is C13H22BrN5S. The smallest absolute Gasteiger partial charge is 0.0870 e. The SMILES string of the molecule is CCc1nn(C)c(CN2CCN(CC(N)=S)CC2)c1Br. The van der Waals surface area contributed by atoms with Gasteiger partial charge < -0.3 is 5.73 Å².